The Hall–Kier alpha value is -0.900. The van der Waals surface area contributed by atoms with Gasteiger partial charge in [-0.25, -0.2) is 0 Å². The average Bonchev–Trinajstić information content (AvgIpc) is 2.32. The highest BCUT2D eigenvalue weighted by atomic mass is 16.3. The molecule has 1 aliphatic heterocycles. The molecule has 1 aromatic rings. The zero-order chi connectivity index (χ0) is 12.1. The molecule has 0 saturated carbocycles. The fourth-order valence-corrected chi connectivity index (χ4v) is 2.27. The Morgan fingerprint density at radius 1 is 1.06 bits per heavy atom. The Labute approximate surface area is 104 Å². The first-order valence-corrected chi connectivity index (χ1v) is 6.24. The van der Waals surface area contributed by atoms with Gasteiger partial charge in [0.1, 0.15) is 0 Å². The van der Waals surface area contributed by atoms with Gasteiger partial charge in [-0.1, -0.05) is 30.3 Å². The summed E-state index contributed by atoms with van der Waals surface area (Å²) in [5.41, 5.74) is 1.37. The third-order valence-corrected chi connectivity index (χ3v) is 3.18. The van der Waals surface area contributed by atoms with Gasteiger partial charge in [-0.15, -0.1) is 0 Å². The first-order valence-electron chi connectivity index (χ1n) is 6.24. The van der Waals surface area contributed by atoms with Crippen LogP contribution in [0, 0.1) is 6.92 Å². The molecule has 2 rings (SSSR count). The topological polar surface area (TPSA) is 26.7 Å². The van der Waals surface area contributed by atoms with E-state index >= 15 is 0 Å². The van der Waals surface area contributed by atoms with E-state index in [0.29, 0.717) is 6.54 Å². The first kappa shape index (κ1) is 12.6. The highest BCUT2D eigenvalue weighted by molar-refractivity contribution is 5.14. The number of β-amino-alcohol motifs (C(OH)–C–C–N with tert-alkyl or cyclic N) is 1. The lowest BCUT2D eigenvalue weighted by atomic mass is 10.2. The summed E-state index contributed by atoms with van der Waals surface area (Å²) in [5.74, 6) is 0. The van der Waals surface area contributed by atoms with E-state index in [4.69, 9.17) is 0 Å². The third kappa shape index (κ3) is 4.11. The summed E-state index contributed by atoms with van der Waals surface area (Å²) >= 11 is 0. The van der Waals surface area contributed by atoms with Crippen LogP contribution in [0.15, 0.2) is 30.3 Å². The molecule has 0 amide bonds. The minimum absolute atomic E-state index is 0.462. The van der Waals surface area contributed by atoms with E-state index in [1.54, 1.807) is 0 Å². The van der Waals surface area contributed by atoms with Gasteiger partial charge in [-0.05, 0) is 12.5 Å². The van der Waals surface area contributed by atoms with Crippen molar-refractivity contribution >= 4 is 0 Å². The van der Waals surface area contributed by atoms with Crippen LogP contribution in [0.3, 0.4) is 0 Å². The zero-order valence-electron chi connectivity index (χ0n) is 10.3. The first-order chi connectivity index (χ1) is 8.24. The quantitative estimate of drug-likeness (QED) is 0.840. The molecule has 0 bridgehead atoms. The second-order valence-corrected chi connectivity index (χ2v) is 4.72. The van der Waals surface area contributed by atoms with E-state index in [2.05, 4.69) is 47.1 Å². The lowest BCUT2D eigenvalue weighted by molar-refractivity contribution is 0.0872. The van der Waals surface area contributed by atoms with Gasteiger partial charge in [0, 0.05) is 39.3 Å². The SMILES string of the molecule is [CH2]C(O)CN1CCN(Cc2ccccc2)CC1. The van der Waals surface area contributed by atoms with Gasteiger partial charge in [0.25, 0.3) is 0 Å². The van der Waals surface area contributed by atoms with E-state index in [-0.39, 0.29) is 0 Å². The Kier molecular flexibility index (Phi) is 4.54. The highest BCUT2D eigenvalue weighted by Gasteiger charge is 2.17. The summed E-state index contributed by atoms with van der Waals surface area (Å²) in [4.78, 5) is 4.74. The van der Waals surface area contributed by atoms with Crippen LogP contribution >= 0.6 is 0 Å². The van der Waals surface area contributed by atoms with Gasteiger partial charge in [0.15, 0.2) is 0 Å². The predicted octanol–water partition coefficient (Wildman–Crippen LogP) is 0.999. The summed E-state index contributed by atoms with van der Waals surface area (Å²) in [7, 11) is 0. The van der Waals surface area contributed by atoms with Crippen molar-refractivity contribution in [2.45, 2.75) is 12.6 Å². The number of piperazine rings is 1. The molecule has 1 atom stereocenters. The molecule has 93 valence electrons. The van der Waals surface area contributed by atoms with E-state index in [1.165, 1.54) is 5.56 Å². The Balaban J connectivity index is 1.76. The molecule has 17 heavy (non-hydrogen) atoms. The van der Waals surface area contributed by atoms with Crippen molar-refractivity contribution in [2.75, 3.05) is 32.7 Å². The number of rotatable bonds is 4. The van der Waals surface area contributed by atoms with Crippen LogP contribution in [0.4, 0.5) is 0 Å². The molecule has 1 radical (unpaired) electrons. The average molecular weight is 233 g/mol. The van der Waals surface area contributed by atoms with Crippen LogP contribution in [0.5, 0.6) is 0 Å². The predicted molar refractivity (Wildman–Crippen MR) is 69.5 cm³/mol. The summed E-state index contributed by atoms with van der Waals surface area (Å²) in [6.07, 6.45) is -0.462. The fraction of sp³-hybridized carbons (Fsp3) is 0.500. The van der Waals surface area contributed by atoms with Crippen LogP contribution in [0.1, 0.15) is 5.56 Å². The van der Waals surface area contributed by atoms with Crippen molar-refractivity contribution in [3.05, 3.63) is 42.8 Å². The zero-order valence-corrected chi connectivity index (χ0v) is 10.3. The van der Waals surface area contributed by atoms with Crippen molar-refractivity contribution in [3.63, 3.8) is 0 Å². The Morgan fingerprint density at radius 3 is 2.24 bits per heavy atom. The maximum Gasteiger partial charge on any atom is 0.0668 e. The molecule has 0 spiro atoms. The molecule has 1 heterocycles. The van der Waals surface area contributed by atoms with Crippen molar-refractivity contribution in [3.8, 4) is 0 Å². The van der Waals surface area contributed by atoms with E-state index in [0.717, 1.165) is 32.7 Å². The molecule has 3 nitrogen and oxygen atoms in total. The number of hydrogen-bond donors (Lipinski definition) is 1. The standard InChI is InChI=1S/C14H21N2O/c1-13(17)11-15-7-9-16(10-8-15)12-14-5-3-2-4-6-14/h2-6,13,17H,1,7-12H2. The normalized spacial score (nSPS) is 20.4. The van der Waals surface area contributed by atoms with Crippen LogP contribution < -0.4 is 0 Å². The van der Waals surface area contributed by atoms with Gasteiger partial charge in [0.05, 0.1) is 6.10 Å². The van der Waals surface area contributed by atoms with Gasteiger partial charge >= 0.3 is 0 Å². The van der Waals surface area contributed by atoms with Crippen LogP contribution in [0.2, 0.25) is 0 Å². The molecule has 1 fully saturated rings. The number of aliphatic hydroxyl groups excluding tert-OH is 1. The molecule has 3 heteroatoms. The molecular weight excluding hydrogens is 212 g/mol. The second kappa shape index (κ2) is 6.15. The molecule has 1 unspecified atom stereocenters. The minimum Gasteiger partial charge on any atom is -0.392 e. The van der Waals surface area contributed by atoms with Gasteiger partial charge in [-0.2, -0.15) is 0 Å². The number of nitrogens with zero attached hydrogens (tertiary/aromatic N) is 2. The van der Waals surface area contributed by atoms with Gasteiger partial charge in [-0.3, -0.25) is 9.80 Å². The molecule has 0 aliphatic carbocycles. The van der Waals surface area contributed by atoms with Gasteiger partial charge < -0.3 is 5.11 Å². The molecule has 1 aromatic carbocycles. The minimum atomic E-state index is -0.462. The van der Waals surface area contributed by atoms with E-state index < -0.39 is 6.10 Å². The lowest BCUT2D eigenvalue weighted by Gasteiger charge is -2.35. The van der Waals surface area contributed by atoms with Gasteiger partial charge in [0.2, 0.25) is 0 Å². The van der Waals surface area contributed by atoms with Crippen molar-refractivity contribution in [2.24, 2.45) is 0 Å². The number of aliphatic hydroxyl groups is 1. The number of benzene rings is 1. The maximum atomic E-state index is 9.24. The Bertz CT molecular complexity index is 318. The summed E-state index contributed by atoms with van der Waals surface area (Å²) in [6, 6.07) is 10.6. The second-order valence-electron chi connectivity index (χ2n) is 4.72. The van der Waals surface area contributed by atoms with E-state index in [1.807, 2.05) is 0 Å². The Morgan fingerprint density at radius 2 is 1.65 bits per heavy atom. The summed E-state index contributed by atoms with van der Waals surface area (Å²) in [5, 5.41) is 9.24. The maximum absolute atomic E-state index is 9.24. The van der Waals surface area contributed by atoms with Crippen molar-refractivity contribution in [1.29, 1.82) is 0 Å². The monoisotopic (exact) mass is 233 g/mol. The lowest BCUT2D eigenvalue weighted by Crippen LogP contribution is -2.47. The smallest absolute Gasteiger partial charge is 0.0668 e. The van der Waals surface area contributed by atoms with Crippen molar-refractivity contribution in [1.82, 2.24) is 9.80 Å². The molecule has 0 aromatic heterocycles. The van der Waals surface area contributed by atoms with Crippen LogP contribution in [-0.2, 0) is 6.54 Å². The van der Waals surface area contributed by atoms with Crippen LogP contribution in [0.25, 0.3) is 0 Å². The summed E-state index contributed by atoms with van der Waals surface area (Å²) in [6.45, 7) is 9.54. The summed E-state index contributed by atoms with van der Waals surface area (Å²) < 4.78 is 0. The molecule has 1 N–H and O–H groups in total. The largest absolute Gasteiger partial charge is 0.392 e. The van der Waals surface area contributed by atoms with Crippen molar-refractivity contribution < 1.29 is 5.11 Å². The highest BCUT2D eigenvalue weighted by Crippen LogP contribution is 2.08. The molecule has 1 saturated heterocycles. The molecular formula is C14H21N2O. The number of hydrogen-bond acceptors (Lipinski definition) is 3. The van der Waals surface area contributed by atoms with E-state index in [9.17, 15) is 5.11 Å². The molecule has 1 aliphatic rings. The third-order valence-electron chi connectivity index (χ3n) is 3.18. The van der Waals surface area contributed by atoms with Crippen LogP contribution in [-0.4, -0.2) is 53.7 Å². The fourth-order valence-electron chi connectivity index (χ4n) is 2.27.